The summed E-state index contributed by atoms with van der Waals surface area (Å²) in [7, 11) is 0. The first-order chi connectivity index (χ1) is 12.1. The summed E-state index contributed by atoms with van der Waals surface area (Å²) in [6.45, 7) is 0.308. The van der Waals surface area contributed by atoms with Crippen molar-refractivity contribution >= 4 is 23.2 Å². The molecule has 0 aromatic heterocycles. The fourth-order valence-electron chi connectivity index (χ4n) is 2.24. The first kappa shape index (κ1) is 17.0. The molecule has 1 N–H and O–H groups in total. The van der Waals surface area contributed by atoms with Gasteiger partial charge in [-0.05, 0) is 48.5 Å². The number of rotatable bonds is 5. The van der Waals surface area contributed by atoms with Gasteiger partial charge in [-0.25, -0.2) is 4.39 Å². The predicted octanol–water partition coefficient (Wildman–Crippen LogP) is 5.31. The van der Waals surface area contributed by atoms with E-state index >= 15 is 0 Å². The van der Waals surface area contributed by atoms with Crippen molar-refractivity contribution in [2.24, 2.45) is 0 Å². The van der Waals surface area contributed by atoms with Crippen molar-refractivity contribution in [2.75, 3.05) is 5.32 Å². The lowest BCUT2D eigenvalue weighted by atomic mass is 10.2. The van der Waals surface area contributed by atoms with Crippen LogP contribution < -0.4 is 10.1 Å². The normalized spacial score (nSPS) is 10.3. The van der Waals surface area contributed by atoms with Crippen molar-refractivity contribution in [2.45, 2.75) is 6.61 Å². The number of carbonyl (C=O) groups is 1. The molecule has 3 aromatic carbocycles. The molecule has 1 amide bonds. The zero-order valence-electron chi connectivity index (χ0n) is 13.2. The predicted molar refractivity (Wildman–Crippen MR) is 96.6 cm³/mol. The monoisotopic (exact) mass is 355 g/mol. The third-order valence-electron chi connectivity index (χ3n) is 3.55. The average Bonchev–Trinajstić information content (AvgIpc) is 2.63. The fraction of sp³-hybridized carbons (Fsp3) is 0.0500. The van der Waals surface area contributed by atoms with E-state index in [2.05, 4.69) is 5.32 Å². The van der Waals surface area contributed by atoms with Gasteiger partial charge in [0.05, 0.1) is 0 Å². The van der Waals surface area contributed by atoms with Crippen molar-refractivity contribution in [3.8, 4) is 5.75 Å². The Morgan fingerprint density at radius 2 is 1.76 bits per heavy atom. The lowest BCUT2D eigenvalue weighted by Crippen LogP contribution is -2.12. The summed E-state index contributed by atoms with van der Waals surface area (Å²) in [6, 6.07) is 19.8. The van der Waals surface area contributed by atoms with Gasteiger partial charge in [-0.1, -0.05) is 35.9 Å². The van der Waals surface area contributed by atoms with Gasteiger partial charge in [0, 0.05) is 21.8 Å². The van der Waals surface area contributed by atoms with Crippen molar-refractivity contribution in [1.29, 1.82) is 0 Å². The smallest absolute Gasteiger partial charge is 0.255 e. The van der Waals surface area contributed by atoms with Gasteiger partial charge in [0.1, 0.15) is 18.2 Å². The molecule has 5 heteroatoms. The van der Waals surface area contributed by atoms with Crippen molar-refractivity contribution in [1.82, 2.24) is 0 Å². The quantitative estimate of drug-likeness (QED) is 0.673. The SMILES string of the molecule is O=C(Nc1ccc(F)cc1)c1cccc(OCc2ccccc2Cl)c1. The van der Waals surface area contributed by atoms with Crippen LogP contribution in [0.2, 0.25) is 5.02 Å². The van der Waals surface area contributed by atoms with Gasteiger partial charge < -0.3 is 10.1 Å². The second kappa shape index (κ2) is 7.81. The van der Waals surface area contributed by atoms with E-state index in [0.717, 1.165) is 5.56 Å². The molecule has 3 rings (SSSR count). The highest BCUT2D eigenvalue weighted by atomic mass is 35.5. The molecule has 3 nitrogen and oxygen atoms in total. The lowest BCUT2D eigenvalue weighted by molar-refractivity contribution is 0.102. The second-order valence-electron chi connectivity index (χ2n) is 5.37. The Morgan fingerprint density at radius 3 is 2.52 bits per heavy atom. The number of halogens is 2. The first-order valence-electron chi connectivity index (χ1n) is 7.65. The Morgan fingerprint density at radius 1 is 1.00 bits per heavy atom. The van der Waals surface area contributed by atoms with Crippen LogP contribution >= 0.6 is 11.6 Å². The Hall–Kier alpha value is -2.85. The van der Waals surface area contributed by atoms with Crippen molar-refractivity contribution in [3.63, 3.8) is 0 Å². The summed E-state index contributed by atoms with van der Waals surface area (Å²) >= 11 is 6.10. The molecule has 0 atom stereocenters. The standard InChI is InChI=1S/C20H15ClFNO2/c21-19-7-2-1-4-15(19)13-25-18-6-3-5-14(12-18)20(24)23-17-10-8-16(22)9-11-17/h1-12H,13H2,(H,23,24). The molecule has 0 aliphatic carbocycles. The third-order valence-corrected chi connectivity index (χ3v) is 3.92. The van der Waals surface area contributed by atoms with E-state index in [-0.39, 0.29) is 11.7 Å². The average molecular weight is 356 g/mol. The highest BCUT2D eigenvalue weighted by molar-refractivity contribution is 6.31. The molecule has 0 saturated carbocycles. The summed E-state index contributed by atoms with van der Waals surface area (Å²) in [5, 5.41) is 3.35. The van der Waals surface area contributed by atoms with E-state index in [4.69, 9.17) is 16.3 Å². The number of hydrogen-bond donors (Lipinski definition) is 1. The Labute approximate surface area is 150 Å². The van der Waals surface area contributed by atoms with Crippen LogP contribution in [0.5, 0.6) is 5.75 Å². The minimum absolute atomic E-state index is 0.296. The lowest BCUT2D eigenvalue weighted by Gasteiger charge is -2.10. The number of nitrogens with one attached hydrogen (secondary N) is 1. The van der Waals surface area contributed by atoms with Crippen LogP contribution in [0.25, 0.3) is 0 Å². The minimum Gasteiger partial charge on any atom is -0.489 e. The van der Waals surface area contributed by atoms with Crippen LogP contribution in [-0.2, 0) is 6.61 Å². The van der Waals surface area contributed by atoms with E-state index < -0.39 is 0 Å². The second-order valence-corrected chi connectivity index (χ2v) is 5.78. The Bertz CT molecular complexity index is 881. The van der Waals surface area contributed by atoms with E-state index in [1.54, 1.807) is 30.3 Å². The molecule has 0 spiro atoms. The van der Waals surface area contributed by atoms with Gasteiger partial charge in [0.2, 0.25) is 0 Å². The number of benzene rings is 3. The molecule has 0 radical (unpaired) electrons. The molecule has 0 heterocycles. The molecule has 0 unspecified atom stereocenters. The van der Waals surface area contributed by atoms with E-state index in [0.29, 0.717) is 28.6 Å². The number of carbonyl (C=O) groups excluding carboxylic acids is 1. The maximum Gasteiger partial charge on any atom is 0.255 e. The molecule has 25 heavy (non-hydrogen) atoms. The Kier molecular flexibility index (Phi) is 5.31. The van der Waals surface area contributed by atoms with Crippen LogP contribution in [0.4, 0.5) is 10.1 Å². The molecule has 0 aliphatic rings. The van der Waals surface area contributed by atoms with Crippen LogP contribution in [0.1, 0.15) is 15.9 Å². The molecule has 0 fully saturated rings. The maximum absolute atomic E-state index is 12.9. The Balaban J connectivity index is 1.67. The van der Waals surface area contributed by atoms with Gasteiger partial charge in [-0.3, -0.25) is 4.79 Å². The topological polar surface area (TPSA) is 38.3 Å². The molecule has 0 aliphatic heterocycles. The highest BCUT2D eigenvalue weighted by Gasteiger charge is 2.08. The number of amides is 1. The number of anilines is 1. The largest absolute Gasteiger partial charge is 0.489 e. The summed E-state index contributed by atoms with van der Waals surface area (Å²) in [5.41, 5.74) is 1.83. The van der Waals surface area contributed by atoms with Gasteiger partial charge in [0.15, 0.2) is 0 Å². The van der Waals surface area contributed by atoms with E-state index in [1.165, 1.54) is 24.3 Å². The van der Waals surface area contributed by atoms with Crippen molar-refractivity contribution < 1.29 is 13.9 Å². The van der Waals surface area contributed by atoms with Gasteiger partial charge in [0.25, 0.3) is 5.91 Å². The maximum atomic E-state index is 12.9. The van der Waals surface area contributed by atoms with Crippen LogP contribution in [0.15, 0.2) is 72.8 Å². The minimum atomic E-state index is -0.354. The molecular formula is C20H15ClFNO2. The summed E-state index contributed by atoms with van der Waals surface area (Å²) in [6.07, 6.45) is 0. The van der Waals surface area contributed by atoms with E-state index in [9.17, 15) is 9.18 Å². The van der Waals surface area contributed by atoms with Crippen LogP contribution in [0, 0.1) is 5.82 Å². The summed E-state index contributed by atoms with van der Waals surface area (Å²) in [5.74, 6) is -0.0885. The number of ether oxygens (including phenoxy) is 1. The third kappa shape index (κ3) is 4.58. The zero-order valence-corrected chi connectivity index (χ0v) is 14.0. The van der Waals surface area contributed by atoms with Gasteiger partial charge >= 0.3 is 0 Å². The van der Waals surface area contributed by atoms with Crippen LogP contribution in [-0.4, -0.2) is 5.91 Å². The summed E-state index contributed by atoms with van der Waals surface area (Å²) in [4.78, 5) is 12.3. The summed E-state index contributed by atoms with van der Waals surface area (Å²) < 4.78 is 18.6. The molecule has 126 valence electrons. The van der Waals surface area contributed by atoms with Crippen molar-refractivity contribution in [3.05, 3.63) is 94.8 Å². The van der Waals surface area contributed by atoms with Gasteiger partial charge in [-0.2, -0.15) is 0 Å². The molecular weight excluding hydrogens is 341 g/mol. The fourth-order valence-corrected chi connectivity index (χ4v) is 2.43. The highest BCUT2D eigenvalue weighted by Crippen LogP contribution is 2.20. The van der Waals surface area contributed by atoms with E-state index in [1.807, 2.05) is 18.2 Å². The van der Waals surface area contributed by atoms with Gasteiger partial charge in [-0.15, -0.1) is 0 Å². The molecule has 0 saturated heterocycles. The molecule has 3 aromatic rings. The molecule has 0 bridgehead atoms. The zero-order chi connectivity index (χ0) is 17.6. The number of hydrogen-bond acceptors (Lipinski definition) is 2. The van der Waals surface area contributed by atoms with Crippen LogP contribution in [0.3, 0.4) is 0 Å². The first-order valence-corrected chi connectivity index (χ1v) is 8.03.